The second-order valence-corrected chi connectivity index (χ2v) is 5.60. The normalized spacial score (nSPS) is 14.6. The van der Waals surface area contributed by atoms with E-state index in [1.54, 1.807) is 23.2 Å². The lowest BCUT2D eigenvalue weighted by Crippen LogP contribution is -2.32. The Balaban J connectivity index is 1.77. The van der Waals surface area contributed by atoms with Crippen molar-refractivity contribution in [3.8, 4) is 0 Å². The Morgan fingerprint density at radius 2 is 1.87 bits per heavy atom. The number of pyridine rings is 1. The monoisotopic (exact) mass is 320 g/mol. The van der Waals surface area contributed by atoms with Gasteiger partial charge in [0.15, 0.2) is 0 Å². The SMILES string of the molecule is O=C(c1cccnc1)N(Cc1ccc(C(F)(F)F)cc1)C1CC1. The van der Waals surface area contributed by atoms with Crippen molar-refractivity contribution >= 4 is 5.91 Å². The number of aromatic nitrogens is 1. The van der Waals surface area contributed by atoms with Gasteiger partial charge in [0.1, 0.15) is 0 Å². The van der Waals surface area contributed by atoms with Crippen LogP contribution in [0.2, 0.25) is 0 Å². The predicted molar refractivity (Wildman–Crippen MR) is 78.6 cm³/mol. The van der Waals surface area contributed by atoms with Gasteiger partial charge >= 0.3 is 6.18 Å². The number of carbonyl (C=O) groups is 1. The number of alkyl halides is 3. The second kappa shape index (κ2) is 6.02. The van der Waals surface area contributed by atoms with Gasteiger partial charge < -0.3 is 4.90 Å². The van der Waals surface area contributed by atoms with E-state index >= 15 is 0 Å². The molecule has 3 rings (SSSR count). The van der Waals surface area contributed by atoms with Gasteiger partial charge in [-0.2, -0.15) is 13.2 Å². The molecule has 2 aromatic rings. The number of carbonyl (C=O) groups excluding carboxylic acids is 1. The Morgan fingerprint density at radius 1 is 1.17 bits per heavy atom. The molecular weight excluding hydrogens is 305 g/mol. The third kappa shape index (κ3) is 3.70. The summed E-state index contributed by atoms with van der Waals surface area (Å²) in [5.41, 5.74) is 0.492. The highest BCUT2D eigenvalue weighted by Gasteiger charge is 2.34. The molecule has 0 aliphatic heterocycles. The third-order valence-electron chi connectivity index (χ3n) is 3.79. The summed E-state index contributed by atoms with van der Waals surface area (Å²) in [5, 5.41) is 0. The summed E-state index contributed by atoms with van der Waals surface area (Å²) >= 11 is 0. The van der Waals surface area contributed by atoms with Crippen LogP contribution in [0.5, 0.6) is 0 Å². The van der Waals surface area contributed by atoms with E-state index in [4.69, 9.17) is 0 Å². The Kier molecular flexibility index (Phi) is 4.07. The van der Waals surface area contributed by atoms with Crippen molar-refractivity contribution in [1.29, 1.82) is 0 Å². The van der Waals surface area contributed by atoms with Gasteiger partial charge in [-0.3, -0.25) is 9.78 Å². The van der Waals surface area contributed by atoms with Crippen LogP contribution in [0.15, 0.2) is 48.8 Å². The summed E-state index contributed by atoms with van der Waals surface area (Å²) in [4.78, 5) is 18.2. The third-order valence-corrected chi connectivity index (χ3v) is 3.79. The first kappa shape index (κ1) is 15.5. The molecule has 1 aliphatic carbocycles. The zero-order chi connectivity index (χ0) is 16.4. The highest BCUT2D eigenvalue weighted by atomic mass is 19.4. The molecule has 1 aliphatic rings. The minimum atomic E-state index is -4.35. The van der Waals surface area contributed by atoms with Gasteiger partial charge in [-0.1, -0.05) is 12.1 Å². The van der Waals surface area contributed by atoms with Crippen molar-refractivity contribution in [3.05, 3.63) is 65.5 Å². The standard InChI is InChI=1S/C17H15F3N2O/c18-17(19,20)14-5-3-12(4-6-14)11-22(15-7-8-15)16(23)13-2-1-9-21-10-13/h1-6,9-10,15H,7-8,11H2. The number of halogens is 3. The molecule has 0 N–H and O–H groups in total. The highest BCUT2D eigenvalue weighted by Crippen LogP contribution is 2.31. The van der Waals surface area contributed by atoms with Crippen molar-refractivity contribution in [2.75, 3.05) is 0 Å². The zero-order valence-corrected chi connectivity index (χ0v) is 12.3. The van der Waals surface area contributed by atoms with Crippen molar-refractivity contribution in [2.45, 2.75) is 31.6 Å². The lowest BCUT2D eigenvalue weighted by atomic mass is 10.1. The van der Waals surface area contributed by atoms with Crippen molar-refractivity contribution in [2.24, 2.45) is 0 Å². The van der Waals surface area contributed by atoms with E-state index in [1.165, 1.54) is 18.3 Å². The van der Waals surface area contributed by atoms with Crippen LogP contribution in [0, 0.1) is 0 Å². The lowest BCUT2D eigenvalue weighted by Gasteiger charge is -2.22. The van der Waals surface area contributed by atoms with E-state index in [1.807, 2.05) is 0 Å². The first-order valence-electron chi connectivity index (χ1n) is 7.32. The van der Waals surface area contributed by atoms with Gasteiger partial charge in [0.25, 0.3) is 5.91 Å². The van der Waals surface area contributed by atoms with Crippen molar-refractivity contribution < 1.29 is 18.0 Å². The number of nitrogens with zero attached hydrogens (tertiary/aromatic N) is 2. The zero-order valence-electron chi connectivity index (χ0n) is 12.3. The molecule has 23 heavy (non-hydrogen) atoms. The first-order valence-corrected chi connectivity index (χ1v) is 7.32. The maximum Gasteiger partial charge on any atom is 0.416 e. The highest BCUT2D eigenvalue weighted by molar-refractivity contribution is 5.94. The van der Waals surface area contributed by atoms with E-state index in [0.29, 0.717) is 17.7 Å². The average molecular weight is 320 g/mol. The molecule has 0 atom stereocenters. The van der Waals surface area contributed by atoms with Crippen LogP contribution in [0.25, 0.3) is 0 Å². The smallest absolute Gasteiger partial charge is 0.331 e. The fourth-order valence-corrected chi connectivity index (χ4v) is 2.40. The van der Waals surface area contributed by atoms with Crippen LogP contribution >= 0.6 is 0 Å². The molecule has 3 nitrogen and oxygen atoms in total. The first-order chi connectivity index (χ1) is 10.9. The Hall–Kier alpha value is -2.37. The summed E-state index contributed by atoms with van der Waals surface area (Å²) in [6.07, 6.45) is 0.595. The topological polar surface area (TPSA) is 33.2 Å². The molecule has 1 aromatic carbocycles. The van der Waals surface area contributed by atoms with E-state index < -0.39 is 11.7 Å². The molecule has 0 spiro atoms. The van der Waals surface area contributed by atoms with E-state index in [-0.39, 0.29) is 11.9 Å². The van der Waals surface area contributed by atoms with Crippen LogP contribution < -0.4 is 0 Å². The number of rotatable bonds is 4. The number of benzene rings is 1. The Labute approximate surface area is 131 Å². The molecule has 0 unspecified atom stereocenters. The second-order valence-electron chi connectivity index (χ2n) is 5.60. The molecule has 6 heteroatoms. The molecule has 0 saturated heterocycles. The minimum absolute atomic E-state index is 0.138. The number of hydrogen-bond donors (Lipinski definition) is 0. The van der Waals surface area contributed by atoms with Crippen LogP contribution in [-0.2, 0) is 12.7 Å². The van der Waals surface area contributed by atoms with Gasteiger partial charge in [0.05, 0.1) is 11.1 Å². The van der Waals surface area contributed by atoms with Crippen LogP contribution in [0.4, 0.5) is 13.2 Å². The number of hydrogen-bond acceptors (Lipinski definition) is 2. The van der Waals surface area contributed by atoms with Crippen molar-refractivity contribution in [3.63, 3.8) is 0 Å². The van der Waals surface area contributed by atoms with Gasteiger partial charge in [0.2, 0.25) is 0 Å². The fourth-order valence-electron chi connectivity index (χ4n) is 2.40. The Bertz CT molecular complexity index is 679. The van der Waals surface area contributed by atoms with Gasteiger partial charge in [0, 0.05) is 25.0 Å². The predicted octanol–water partition coefficient (Wildman–Crippen LogP) is 3.91. The minimum Gasteiger partial charge on any atom is -0.331 e. The molecule has 0 radical (unpaired) electrons. The fraction of sp³-hybridized carbons (Fsp3) is 0.294. The van der Waals surface area contributed by atoms with Crippen LogP contribution in [0.1, 0.15) is 34.3 Å². The largest absolute Gasteiger partial charge is 0.416 e. The van der Waals surface area contributed by atoms with Crippen LogP contribution in [-0.4, -0.2) is 21.8 Å². The maximum atomic E-state index is 12.6. The number of amides is 1. The van der Waals surface area contributed by atoms with E-state index in [2.05, 4.69) is 4.98 Å². The summed E-state index contributed by atoms with van der Waals surface area (Å²) in [6, 6.07) is 8.49. The molecule has 0 bridgehead atoms. The van der Waals surface area contributed by atoms with E-state index in [0.717, 1.165) is 25.0 Å². The molecular formula is C17H15F3N2O. The molecule has 1 fully saturated rings. The Morgan fingerprint density at radius 3 is 2.39 bits per heavy atom. The van der Waals surface area contributed by atoms with Crippen molar-refractivity contribution in [1.82, 2.24) is 9.88 Å². The summed E-state index contributed by atoms with van der Waals surface area (Å²) in [5.74, 6) is -0.138. The summed E-state index contributed by atoms with van der Waals surface area (Å²) in [7, 11) is 0. The molecule has 1 amide bonds. The maximum absolute atomic E-state index is 12.6. The molecule has 1 saturated carbocycles. The molecule has 1 aromatic heterocycles. The summed E-state index contributed by atoms with van der Waals surface area (Å²) < 4.78 is 37.8. The van der Waals surface area contributed by atoms with Gasteiger partial charge in [-0.15, -0.1) is 0 Å². The summed E-state index contributed by atoms with van der Waals surface area (Å²) in [6.45, 7) is 0.302. The lowest BCUT2D eigenvalue weighted by molar-refractivity contribution is -0.137. The quantitative estimate of drug-likeness (QED) is 0.856. The van der Waals surface area contributed by atoms with Gasteiger partial charge in [-0.05, 0) is 42.7 Å². The van der Waals surface area contributed by atoms with Crippen LogP contribution in [0.3, 0.4) is 0 Å². The molecule has 1 heterocycles. The van der Waals surface area contributed by atoms with Gasteiger partial charge in [-0.25, -0.2) is 0 Å². The van der Waals surface area contributed by atoms with E-state index in [9.17, 15) is 18.0 Å². The molecule has 120 valence electrons. The average Bonchev–Trinajstić information content (AvgIpc) is 3.37.